The van der Waals surface area contributed by atoms with Crippen molar-refractivity contribution in [1.29, 1.82) is 0 Å². The zero-order valence-electron chi connectivity index (χ0n) is 15.3. The van der Waals surface area contributed by atoms with Crippen LogP contribution < -0.4 is 0 Å². The molecule has 18 heavy (non-hydrogen) atoms. The van der Waals surface area contributed by atoms with Crippen LogP contribution in [-0.4, -0.2) is 9.97 Å². The summed E-state index contributed by atoms with van der Waals surface area (Å²) in [5.74, 6) is 0. The molecule has 0 unspecified atom stereocenters. The maximum atomic E-state index is 7.97. The Balaban J connectivity index is 1.96. The second-order valence-corrected chi connectivity index (χ2v) is 4.10. The second kappa shape index (κ2) is 3.50. The minimum atomic E-state index is -0.126. The third-order valence-corrected chi connectivity index (χ3v) is 2.96. The van der Waals surface area contributed by atoms with Gasteiger partial charge in [-0.1, -0.05) is 36.3 Å². The van der Waals surface area contributed by atoms with Crippen molar-refractivity contribution in [2.45, 2.75) is 0 Å². The maximum absolute atomic E-state index is 7.97. The van der Waals surface area contributed by atoms with Gasteiger partial charge in [-0.15, -0.1) is 0 Å². The van der Waals surface area contributed by atoms with Gasteiger partial charge in [0.15, 0.2) is 0 Å². The van der Waals surface area contributed by atoms with Gasteiger partial charge in [0.1, 0.15) is 0 Å². The van der Waals surface area contributed by atoms with Crippen molar-refractivity contribution in [1.82, 2.24) is 9.97 Å². The molecule has 0 aliphatic rings. The van der Waals surface area contributed by atoms with Gasteiger partial charge < -0.3 is 9.97 Å². The molecule has 0 amide bonds. The van der Waals surface area contributed by atoms with E-state index in [4.69, 9.17) is 8.22 Å². The second-order valence-electron chi connectivity index (χ2n) is 4.10. The molecule has 4 aromatic rings. The molecule has 2 heteroatoms. The van der Waals surface area contributed by atoms with Crippen LogP contribution in [0.25, 0.3) is 33.2 Å². The fraction of sp³-hybridized carbons (Fsp3) is 0. The number of rotatable bonds is 1. The minimum absolute atomic E-state index is 0.000775. The smallest absolute Gasteiger partial charge is 0.0645 e. The van der Waals surface area contributed by atoms with Gasteiger partial charge in [0.25, 0.3) is 0 Å². The van der Waals surface area contributed by atoms with Crippen LogP contribution in [0.2, 0.25) is 0 Å². The summed E-state index contributed by atoms with van der Waals surface area (Å²) in [5, 5.41) is 1.34. The van der Waals surface area contributed by atoms with Gasteiger partial charge in [-0.25, -0.2) is 0 Å². The minimum Gasteiger partial charge on any atom is -0.353 e. The molecule has 0 aliphatic heterocycles. The predicted octanol–water partition coefficient (Wildman–Crippen LogP) is 4.32. The molecule has 0 saturated carbocycles. The molecule has 86 valence electrons. The monoisotopic (exact) mass is 238 g/mol. The van der Waals surface area contributed by atoms with E-state index < -0.39 is 0 Å². The molecule has 2 aromatic carbocycles. The Labute approximate surface area is 113 Å². The van der Waals surface area contributed by atoms with E-state index in [1.54, 1.807) is 12.1 Å². The Morgan fingerprint density at radius 2 is 1.22 bits per heavy atom. The van der Waals surface area contributed by atoms with Crippen LogP contribution in [0.4, 0.5) is 0 Å². The summed E-state index contributed by atoms with van der Waals surface area (Å²) in [6.07, 6.45) is 0. The molecule has 0 fully saturated rings. The summed E-state index contributed by atoms with van der Waals surface area (Å²) in [6, 6.07) is 6.34. The summed E-state index contributed by atoms with van der Waals surface area (Å²) in [7, 11) is 0. The molecule has 2 aromatic heterocycles. The fourth-order valence-electron chi connectivity index (χ4n) is 2.09. The highest BCUT2D eigenvalue weighted by Crippen LogP contribution is 2.26. The number of hydrogen-bond acceptors (Lipinski definition) is 0. The third-order valence-electron chi connectivity index (χ3n) is 2.96. The summed E-state index contributed by atoms with van der Waals surface area (Å²) in [6.45, 7) is 0. The summed E-state index contributed by atoms with van der Waals surface area (Å²) >= 11 is 0. The normalized spacial score (nSPS) is 16.0. The first-order valence-electron chi connectivity index (χ1n) is 8.56. The molecule has 0 radical (unpaired) electrons. The van der Waals surface area contributed by atoms with E-state index in [9.17, 15) is 0 Å². The number of aromatic nitrogens is 2. The fourth-order valence-corrected chi connectivity index (χ4v) is 2.09. The van der Waals surface area contributed by atoms with Crippen molar-refractivity contribution in [3.05, 3.63) is 60.5 Å². The lowest BCUT2D eigenvalue weighted by molar-refractivity contribution is 1.38. The van der Waals surface area contributed by atoms with Gasteiger partial charge in [0, 0.05) is 21.8 Å². The Morgan fingerprint density at radius 1 is 0.722 bits per heavy atom. The summed E-state index contributed by atoms with van der Waals surface area (Å²) in [4.78, 5) is 6.16. The van der Waals surface area contributed by atoms with Crippen LogP contribution in [0.5, 0.6) is 0 Å². The van der Waals surface area contributed by atoms with E-state index in [0.29, 0.717) is 33.2 Å². The highest BCUT2D eigenvalue weighted by atomic mass is 14.8. The number of fused-ring (bicyclic) bond motifs is 2. The van der Waals surface area contributed by atoms with Crippen LogP contribution in [0.3, 0.4) is 0 Å². The predicted molar refractivity (Wildman–Crippen MR) is 75.6 cm³/mol. The quantitative estimate of drug-likeness (QED) is 0.495. The highest BCUT2D eigenvalue weighted by molar-refractivity contribution is 5.89. The lowest BCUT2D eigenvalue weighted by Crippen LogP contribution is -1.74. The summed E-state index contributed by atoms with van der Waals surface area (Å²) in [5.41, 5.74) is 2.30. The number of para-hydroxylation sites is 2. The number of nitrogens with one attached hydrogen (secondary N) is 2. The van der Waals surface area contributed by atoms with E-state index in [2.05, 4.69) is 9.97 Å². The van der Waals surface area contributed by atoms with E-state index in [1.807, 2.05) is 0 Å². The van der Waals surface area contributed by atoms with Gasteiger partial charge in [-0.3, -0.25) is 0 Å². The Morgan fingerprint density at radius 3 is 1.72 bits per heavy atom. The lowest BCUT2D eigenvalue weighted by atomic mass is 10.2. The Bertz CT molecular complexity index is 1040. The third kappa shape index (κ3) is 1.36. The van der Waals surface area contributed by atoms with Crippen LogP contribution >= 0.6 is 0 Å². The molecular formula is C16H12N2. The van der Waals surface area contributed by atoms with Gasteiger partial charge in [-0.05, 0) is 24.2 Å². The molecule has 2 N–H and O–H groups in total. The molecule has 4 rings (SSSR count). The summed E-state index contributed by atoms with van der Waals surface area (Å²) < 4.78 is 46.9. The number of hydrogen-bond donors (Lipinski definition) is 2. The van der Waals surface area contributed by atoms with Crippen molar-refractivity contribution in [2.24, 2.45) is 0 Å². The largest absolute Gasteiger partial charge is 0.353 e. The molecule has 0 saturated heterocycles. The average molecular weight is 238 g/mol. The van der Waals surface area contributed by atoms with Crippen molar-refractivity contribution in [3.8, 4) is 11.4 Å². The molecule has 0 spiro atoms. The first-order valence-corrected chi connectivity index (χ1v) is 5.56. The standard InChI is InChI=1S/C16H12N2/c1-3-7-13-11(5-1)9-15(17-13)16-10-12-6-2-4-8-14(12)18-16/h1-10,17-18H/i1D,2D,3D,4D,7D,8D. The van der Waals surface area contributed by atoms with E-state index in [1.165, 1.54) is 12.1 Å². The molecular weight excluding hydrogens is 220 g/mol. The zero-order valence-corrected chi connectivity index (χ0v) is 9.31. The van der Waals surface area contributed by atoms with Gasteiger partial charge >= 0.3 is 0 Å². The van der Waals surface area contributed by atoms with Crippen molar-refractivity contribution in [3.63, 3.8) is 0 Å². The molecule has 2 nitrogen and oxygen atoms in total. The molecule has 0 bridgehead atoms. The maximum Gasteiger partial charge on any atom is 0.0645 e. The molecule has 0 aliphatic carbocycles. The number of aromatic amines is 2. The SMILES string of the molecule is [2H]c1cc2cc(-c3cc4cc([2H])c([2H])c([2H])c4[nH]3)[nH]c2c([2H])c1[2H]. The van der Waals surface area contributed by atoms with Crippen molar-refractivity contribution in [2.75, 3.05) is 0 Å². The number of benzene rings is 2. The molecule has 0 atom stereocenters. The van der Waals surface area contributed by atoms with Gasteiger partial charge in [0.2, 0.25) is 0 Å². The van der Waals surface area contributed by atoms with Crippen molar-refractivity contribution < 1.29 is 8.22 Å². The van der Waals surface area contributed by atoms with Crippen LogP contribution in [0.15, 0.2) is 60.5 Å². The van der Waals surface area contributed by atoms with Crippen LogP contribution in [-0.2, 0) is 0 Å². The van der Waals surface area contributed by atoms with Crippen molar-refractivity contribution >= 4 is 21.8 Å². The van der Waals surface area contributed by atoms with E-state index >= 15 is 0 Å². The average Bonchev–Trinajstić information content (AvgIpc) is 3.14. The lowest BCUT2D eigenvalue weighted by Gasteiger charge is -1.90. The Hall–Kier alpha value is -2.48. The molecule has 2 heterocycles. The van der Waals surface area contributed by atoms with E-state index in [0.717, 1.165) is 0 Å². The zero-order chi connectivity index (χ0) is 17.2. The van der Waals surface area contributed by atoms with Crippen LogP contribution in [0, 0.1) is 0 Å². The topological polar surface area (TPSA) is 31.6 Å². The highest BCUT2D eigenvalue weighted by Gasteiger charge is 2.05. The van der Waals surface area contributed by atoms with E-state index in [-0.39, 0.29) is 36.3 Å². The van der Waals surface area contributed by atoms with Gasteiger partial charge in [0.05, 0.1) is 19.6 Å². The van der Waals surface area contributed by atoms with Gasteiger partial charge in [-0.2, -0.15) is 0 Å². The number of H-pyrrole nitrogens is 2. The first kappa shape index (κ1) is 5.44. The first-order chi connectivity index (χ1) is 11.4. The van der Waals surface area contributed by atoms with Crippen LogP contribution in [0.1, 0.15) is 8.22 Å². The Kier molecular flexibility index (Phi) is 1.06.